The highest BCUT2D eigenvalue weighted by molar-refractivity contribution is 7.08. The van der Waals surface area contributed by atoms with Crippen molar-refractivity contribution in [3.63, 3.8) is 0 Å². The second-order valence-electron chi connectivity index (χ2n) is 2.84. The van der Waals surface area contributed by atoms with Crippen molar-refractivity contribution in [1.82, 2.24) is 5.43 Å². The van der Waals surface area contributed by atoms with E-state index in [-0.39, 0.29) is 0 Å². The van der Waals surface area contributed by atoms with Gasteiger partial charge in [-0.25, -0.2) is 0 Å². The molecule has 1 aliphatic carbocycles. The number of nitrogens with zero attached hydrogens (tertiary/aromatic N) is 1. The molecule has 0 aliphatic heterocycles. The molecule has 0 aromatic carbocycles. The van der Waals surface area contributed by atoms with Crippen LogP contribution in [0.2, 0.25) is 5.02 Å². The van der Waals surface area contributed by atoms with Crippen molar-refractivity contribution in [3.8, 4) is 0 Å². The Labute approximate surface area is 80.2 Å². The van der Waals surface area contributed by atoms with E-state index in [4.69, 9.17) is 11.6 Å². The van der Waals surface area contributed by atoms with E-state index in [1.54, 1.807) is 17.6 Å². The van der Waals surface area contributed by atoms with Gasteiger partial charge in [-0.05, 0) is 12.8 Å². The molecule has 0 saturated heterocycles. The molecule has 1 saturated carbocycles. The van der Waals surface area contributed by atoms with E-state index in [0.29, 0.717) is 6.04 Å². The van der Waals surface area contributed by atoms with Crippen molar-refractivity contribution >= 4 is 29.2 Å². The fraction of sp³-hybridized carbons (Fsp3) is 0.375. The van der Waals surface area contributed by atoms with Gasteiger partial charge in [0.25, 0.3) is 0 Å². The van der Waals surface area contributed by atoms with Crippen molar-refractivity contribution in [1.29, 1.82) is 0 Å². The fourth-order valence-electron chi connectivity index (χ4n) is 0.808. The Hall–Kier alpha value is -0.540. The molecule has 4 heteroatoms. The molecule has 2 nitrogen and oxygen atoms in total. The summed E-state index contributed by atoms with van der Waals surface area (Å²) >= 11 is 7.45. The van der Waals surface area contributed by atoms with Crippen LogP contribution in [0.4, 0.5) is 0 Å². The Kier molecular flexibility index (Phi) is 2.33. The van der Waals surface area contributed by atoms with Gasteiger partial charge >= 0.3 is 0 Å². The lowest BCUT2D eigenvalue weighted by Gasteiger charge is -1.92. The van der Waals surface area contributed by atoms with Crippen LogP contribution in [0, 0.1) is 0 Å². The van der Waals surface area contributed by atoms with E-state index in [1.807, 2.05) is 10.8 Å². The Bertz CT molecular complexity index is 291. The molecule has 0 bridgehead atoms. The first kappa shape index (κ1) is 8.08. The second kappa shape index (κ2) is 3.46. The molecular weight excluding hydrogens is 192 g/mol. The lowest BCUT2D eigenvalue weighted by atomic mass is 10.4. The molecule has 2 rings (SSSR count). The predicted molar refractivity (Wildman–Crippen MR) is 53.1 cm³/mol. The van der Waals surface area contributed by atoms with Gasteiger partial charge in [0, 0.05) is 22.4 Å². The van der Waals surface area contributed by atoms with Gasteiger partial charge in [0.2, 0.25) is 0 Å². The van der Waals surface area contributed by atoms with Crippen LogP contribution >= 0.6 is 22.9 Å². The maximum Gasteiger partial charge on any atom is 0.0601 e. The third-order valence-corrected chi connectivity index (χ3v) is 2.90. The summed E-state index contributed by atoms with van der Waals surface area (Å²) in [5, 5.41) is 8.75. The minimum absolute atomic E-state index is 0.610. The van der Waals surface area contributed by atoms with E-state index in [0.717, 1.165) is 10.6 Å². The Morgan fingerprint density at radius 2 is 2.42 bits per heavy atom. The third kappa shape index (κ3) is 1.99. The largest absolute Gasteiger partial charge is 0.307 e. The zero-order valence-electron chi connectivity index (χ0n) is 6.46. The summed E-state index contributed by atoms with van der Waals surface area (Å²) in [7, 11) is 0. The second-order valence-corrected chi connectivity index (χ2v) is 3.99. The summed E-state index contributed by atoms with van der Waals surface area (Å²) in [5.74, 6) is 0. The van der Waals surface area contributed by atoms with Crippen LogP contribution in [0.15, 0.2) is 15.9 Å². The number of thiophene rings is 1. The molecule has 0 amide bonds. The first-order valence-electron chi connectivity index (χ1n) is 3.86. The molecule has 12 heavy (non-hydrogen) atoms. The quantitative estimate of drug-likeness (QED) is 0.589. The normalized spacial score (nSPS) is 17.1. The van der Waals surface area contributed by atoms with Crippen LogP contribution in [0.3, 0.4) is 0 Å². The zero-order chi connectivity index (χ0) is 8.39. The van der Waals surface area contributed by atoms with Gasteiger partial charge in [0.15, 0.2) is 0 Å². The van der Waals surface area contributed by atoms with Gasteiger partial charge in [-0.1, -0.05) is 11.6 Å². The first-order chi connectivity index (χ1) is 5.86. The minimum Gasteiger partial charge on any atom is -0.307 e. The molecule has 64 valence electrons. The van der Waals surface area contributed by atoms with Crippen molar-refractivity contribution in [2.24, 2.45) is 5.10 Å². The van der Waals surface area contributed by atoms with Gasteiger partial charge in [-0.15, -0.1) is 0 Å². The SMILES string of the molecule is Clc1cscc1/C=N/NC1CC1. The lowest BCUT2D eigenvalue weighted by molar-refractivity contribution is 0.741. The van der Waals surface area contributed by atoms with E-state index in [1.165, 1.54) is 12.8 Å². The van der Waals surface area contributed by atoms with Crippen molar-refractivity contribution in [3.05, 3.63) is 21.3 Å². The predicted octanol–water partition coefficient (Wildman–Crippen LogP) is 2.49. The molecule has 0 unspecified atom stereocenters. The van der Waals surface area contributed by atoms with Gasteiger partial charge in [-0.3, -0.25) is 0 Å². The maximum absolute atomic E-state index is 5.86. The maximum atomic E-state index is 5.86. The summed E-state index contributed by atoms with van der Waals surface area (Å²) < 4.78 is 0. The van der Waals surface area contributed by atoms with Gasteiger partial charge in [0.05, 0.1) is 11.2 Å². The molecular formula is C8H9ClN2S. The third-order valence-electron chi connectivity index (χ3n) is 1.68. The van der Waals surface area contributed by atoms with Crippen LogP contribution in [0.5, 0.6) is 0 Å². The number of hydrogen-bond acceptors (Lipinski definition) is 3. The lowest BCUT2D eigenvalue weighted by Crippen LogP contribution is -2.07. The fourth-order valence-corrected chi connectivity index (χ4v) is 1.79. The van der Waals surface area contributed by atoms with Crippen LogP contribution in [-0.4, -0.2) is 12.3 Å². The topological polar surface area (TPSA) is 24.4 Å². The molecule has 1 heterocycles. The van der Waals surface area contributed by atoms with Crippen LogP contribution < -0.4 is 5.43 Å². The van der Waals surface area contributed by atoms with Crippen LogP contribution in [0.1, 0.15) is 18.4 Å². The molecule has 1 aromatic heterocycles. The molecule has 0 spiro atoms. The van der Waals surface area contributed by atoms with E-state index < -0.39 is 0 Å². The smallest absolute Gasteiger partial charge is 0.0601 e. The Balaban J connectivity index is 1.92. The van der Waals surface area contributed by atoms with Gasteiger partial charge in [-0.2, -0.15) is 16.4 Å². The number of halogens is 1. The summed E-state index contributed by atoms with van der Waals surface area (Å²) in [6.45, 7) is 0. The van der Waals surface area contributed by atoms with Crippen LogP contribution in [0.25, 0.3) is 0 Å². The molecule has 1 fully saturated rings. The summed E-state index contributed by atoms with van der Waals surface area (Å²) in [6.07, 6.45) is 4.26. The summed E-state index contributed by atoms with van der Waals surface area (Å²) in [4.78, 5) is 0. The molecule has 1 aliphatic rings. The minimum atomic E-state index is 0.610. The Morgan fingerprint density at radius 1 is 1.58 bits per heavy atom. The standard InChI is InChI=1S/C8H9ClN2S/c9-8-5-12-4-6(8)3-10-11-7-1-2-7/h3-5,7,11H,1-2H2/b10-3+. The average molecular weight is 201 g/mol. The number of hydrazone groups is 1. The molecule has 0 atom stereocenters. The summed E-state index contributed by atoms with van der Waals surface area (Å²) in [6, 6.07) is 0.610. The van der Waals surface area contributed by atoms with Gasteiger partial charge in [0.1, 0.15) is 0 Å². The molecule has 0 radical (unpaired) electrons. The highest BCUT2D eigenvalue weighted by Gasteiger charge is 2.19. The van der Waals surface area contributed by atoms with Crippen molar-refractivity contribution < 1.29 is 0 Å². The number of rotatable bonds is 3. The highest BCUT2D eigenvalue weighted by atomic mass is 35.5. The van der Waals surface area contributed by atoms with Crippen LogP contribution in [-0.2, 0) is 0 Å². The van der Waals surface area contributed by atoms with E-state index in [9.17, 15) is 0 Å². The zero-order valence-corrected chi connectivity index (χ0v) is 8.03. The monoisotopic (exact) mass is 200 g/mol. The molecule has 1 aromatic rings. The van der Waals surface area contributed by atoms with Crippen molar-refractivity contribution in [2.75, 3.05) is 0 Å². The number of hydrogen-bond donors (Lipinski definition) is 1. The number of nitrogens with one attached hydrogen (secondary N) is 1. The van der Waals surface area contributed by atoms with E-state index in [2.05, 4.69) is 10.5 Å². The van der Waals surface area contributed by atoms with Crippen molar-refractivity contribution in [2.45, 2.75) is 18.9 Å². The van der Waals surface area contributed by atoms with Gasteiger partial charge < -0.3 is 5.43 Å². The van der Waals surface area contributed by atoms with E-state index >= 15 is 0 Å². The highest BCUT2D eigenvalue weighted by Crippen LogP contribution is 2.20. The molecule has 1 N–H and O–H groups in total. The Morgan fingerprint density at radius 3 is 3.00 bits per heavy atom. The first-order valence-corrected chi connectivity index (χ1v) is 5.18. The summed E-state index contributed by atoms with van der Waals surface area (Å²) in [5.41, 5.74) is 4.03. The average Bonchev–Trinajstić information content (AvgIpc) is 2.78.